The van der Waals surface area contributed by atoms with Gasteiger partial charge in [-0.2, -0.15) is 0 Å². The number of hydrogen-bond acceptors (Lipinski definition) is 4. The highest BCUT2D eigenvalue weighted by molar-refractivity contribution is 4.84. The van der Waals surface area contributed by atoms with Gasteiger partial charge in [0.2, 0.25) is 0 Å². The minimum absolute atomic E-state index is 0.124. The Hall–Kier alpha value is -0.160. The van der Waals surface area contributed by atoms with Crippen LogP contribution in [0.4, 0.5) is 0 Å². The standard InChI is InChI=1S/C20H38N2O2/c23-19-7-3-1-5-17(19)21-13-15-9-11-16(12-10-15)14-22-18-6-2-4-8-20(18)24/h15-24H,1-14H2/t15?,16?,17-,18-,19-,20+/m0/s1. The first kappa shape index (κ1) is 18.6. The van der Waals surface area contributed by atoms with Crippen molar-refractivity contribution in [1.29, 1.82) is 0 Å². The Morgan fingerprint density at radius 2 is 0.917 bits per heavy atom. The van der Waals surface area contributed by atoms with E-state index < -0.39 is 0 Å². The Morgan fingerprint density at radius 3 is 1.29 bits per heavy atom. The lowest BCUT2D eigenvalue weighted by Crippen LogP contribution is -2.45. The molecule has 0 unspecified atom stereocenters. The molecule has 0 radical (unpaired) electrons. The third-order valence-electron chi connectivity index (χ3n) is 6.76. The molecule has 0 saturated heterocycles. The average Bonchev–Trinajstić information content (AvgIpc) is 2.61. The molecule has 3 fully saturated rings. The monoisotopic (exact) mass is 338 g/mol. The lowest BCUT2D eigenvalue weighted by atomic mass is 9.81. The zero-order valence-electron chi connectivity index (χ0n) is 15.3. The van der Waals surface area contributed by atoms with Crippen LogP contribution in [-0.4, -0.2) is 47.6 Å². The van der Waals surface area contributed by atoms with E-state index >= 15 is 0 Å². The van der Waals surface area contributed by atoms with Gasteiger partial charge in [0.05, 0.1) is 12.2 Å². The van der Waals surface area contributed by atoms with Crippen molar-refractivity contribution in [1.82, 2.24) is 10.6 Å². The van der Waals surface area contributed by atoms with Crippen LogP contribution in [0.1, 0.15) is 77.0 Å². The molecule has 4 atom stereocenters. The summed E-state index contributed by atoms with van der Waals surface area (Å²) in [6.07, 6.45) is 14.2. The highest BCUT2D eigenvalue weighted by Gasteiger charge is 2.27. The molecule has 3 aliphatic rings. The van der Waals surface area contributed by atoms with Gasteiger partial charge in [0.15, 0.2) is 0 Å². The smallest absolute Gasteiger partial charge is 0.0693 e. The lowest BCUT2D eigenvalue weighted by Gasteiger charge is -2.34. The van der Waals surface area contributed by atoms with Gasteiger partial charge in [-0.25, -0.2) is 0 Å². The second kappa shape index (κ2) is 9.51. The van der Waals surface area contributed by atoms with Gasteiger partial charge in [-0.1, -0.05) is 25.7 Å². The molecule has 0 aliphatic heterocycles. The van der Waals surface area contributed by atoms with Crippen molar-refractivity contribution in [2.24, 2.45) is 11.8 Å². The van der Waals surface area contributed by atoms with E-state index in [0.717, 1.165) is 50.6 Å². The summed E-state index contributed by atoms with van der Waals surface area (Å²) in [6.45, 7) is 2.17. The highest BCUT2D eigenvalue weighted by Crippen LogP contribution is 2.29. The molecule has 4 N–H and O–H groups in total. The van der Waals surface area contributed by atoms with Crippen molar-refractivity contribution < 1.29 is 10.2 Å². The summed E-state index contributed by atoms with van der Waals surface area (Å²) in [7, 11) is 0. The van der Waals surface area contributed by atoms with Crippen molar-refractivity contribution >= 4 is 0 Å². The second-order valence-corrected chi connectivity index (χ2v) is 8.62. The van der Waals surface area contributed by atoms with Gasteiger partial charge in [-0.15, -0.1) is 0 Å². The van der Waals surface area contributed by atoms with Crippen LogP contribution in [0.3, 0.4) is 0 Å². The number of rotatable bonds is 6. The van der Waals surface area contributed by atoms with E-state index in [1.165, 1.54) is 51.4 Å². The molecule has 140 valence electrons. The fraction of sp³-hybridized carbons (Fsp3) is 1.00. The van der Waals surface area contributed by atoms with E-state index in [1.807, 2.05) is 0 Å². The molecular formula is C20H38N2O2. The van der Waals surface area contributed by atoms with E-state index in [1.54, 1.807) is 0 Å². The summed E-state index contributed by atoms with van der Waals surface area (Å²) in [5.41, 5.74) is 0. The zero-order chi connectivity index (χ0) is 16.8. The molecule has 3 saturated carbocycles. The molecule has 3 aliphatic carbocycles. The number of nitrogens with one attached hydrogen (secondary N) is 2. The van der Waals surface area contributed by atoms with Crippen LogP contribution in [0.5, 0.6) is 0 Å². The summed E-state index contributed by atoms with van der Waals surface area (Å²) in [5.74, 6) is 1.58. The molecule has 3 rings (SSSR count). The molecule has 0 bridgehead atoms. The highest BCUT2D eigenvalue weighted by atomic mass is 16.3. The maximum Gasteiger partial charge on any atom is 0.0693 e. The Labute approximate surface area is 147 Å². The normalized spacial score (nSPS) is 41.2. The Kier molecular flexibility index (Phi) is 7.38. The minimum atomic E-state index is -0.124. The zero-order valence-corrected chi connectivity index (χ0v) is 15.3. The molecule has 0 aromatic heterocycles. The van der Waals surface area contributed by atoms with Crippen molar-refractivity contribution in [2.45, 2.75) is 101 Å². The second-order valence-electron chi connectivity index (χ2n) is 8.62. The van der Waals surface area contributed by atoms with Crippen molar-refractivity contribution in [3.63, 3.8) is 0 Å². The summed E-state index contributed by atoms with van der Waals surface area (Å²) < 4.78 is 0. The number of aliphatic hydroxyl groups excluding tert-OH is 2. The van der Waals surface area contributed by atoms with Crippen LogP contribution in [0.15, 0.2) is 0 Å². The van der Waals surface area contributed by atoms with Gasteiger partial charge < -0.3 is 20.8 Å². The van der Waals surface area contributed by atoms with Gasteiger partial charge in [0.1, 0.15) is 0 Å². The third kappa shape index (κ3) is 5.42. The fourth-order valence-electron chi connectivity index (χ4n) is 4.97. The summed E-state index contributed by atoms with van der Waals surface area (Å²) in [6, 6.07) is 0.678. The minimum Gasteiger partial charge on any atom is -0.392 e. The van der Waals surface area contributed by atoms with Gasteiger partial charge in [0.25, 0.3) is 0 Å². The van der Waals surface area contributed by atoms with Crippen LogP contribution in [0.25, 0.3) is 0 Å². The maximum absolute atomic E-state index is 10.1. The summed E-state index contributed by atoms with van der Waals surface area (Å²) in [4.78, 5) is 0. The quantitative estimate of drug-likeness (QED) is 0.601. The van der Waals surface area contributed by atoms with Crippen molar-refractivity contribution in [2.75, 3.05) is 13.1 Å². The summed E-state index contributed by atoms with van der Waals surface area (Å²) in [5, 5.41) is 27.4. The summed E-state index contributed by atoms with van der Waals surface area (Å²) >= 11 is 0. The SMILES string of the molecule is O[C@@H]1CCCC[C@@H]1NCC1CCC(CN[C@H]2CCCC[C@@H]2O)CC1. The van der Waals surface area contributed by atoms with Crippen LogP contribution in [-0.2, 0) is 0 Å². The first-order valence-corrected chi connectivity index (χ1v) is 10.6. The molecule has 0 amide bonds. The van der Waals surface area contributed by atoms with Crippen molar-refractivity contribution in [3.8, 4) is 0 Å². The topological polar surface area (TPSA) is 64.5 Å². The first-order valence-electron chi connectivity index (χ1n) is 10.6. The van der Waals surface area contributed by atoms with E-state index in [4.69, 9.17) is 0 Å². The Bertz CT molecular complexity index is 324. The van der Waals surface area contributed by atoms with Gasteiger partial charge in [-0.3, -0.25) is 0 Å². The molecular weight excluding hydrogens is 300 g/mol. The molecule has 4 nitrogen and oxygen atoms in total. The number of aliphatic hydroxyl groups is 2. The van der Waals surface area contributed by atoms with Crippen LogP contribution >= 0.6 is 0 Å². The van der Waals surface area contributed by atoms with Gasteiger partial charge >= 0.3 is 0 Å². The third-order valence-corrected chi connectivity index (χ3v) is 6.76. The molecule has 4 heteroatoms. The van der Waals surface area contributed by atoms with Gasteiger partial charge in [0, 0.05) is 12.1 Å². The largest absolute Gasteiger partial charge is 0.392 e. The van der Waals surface area contributed by atoms with Gasteiger partial charge in [-0.05, 0) is 76.3 Å². The predicted molar refractivity (Wildman–Crippen MR) is 98.0 cm³/mol. The number of hydrogen-bond donors (Lipinski definition) is 4. The fourth-order valence-corrected chi connectivity index (χ4v) is 4.97. The van der Waals surface area contributed by atoms with Crippen LogP contribution in [0.2, 0.25) is 0 Å². The van der Waals surface area contributed by atoms with E-state index in [2.05, 4.69) is 10.6 Å². The molecule has 0 spiro atoms. The van der Waals surface area contributed by atoms with E-state index in [-0.39, 0.29) is 12.2 Å². The van der Waals surface area contributed by atoms with Crippen LogP contribution in [0, 0.1) is 11.8 Å². The molecule has 0 aromatic carbocycles. The first-order chi connectivity index (χ1) is 11.7. The van der Waals surface area contributed by atoms with Crippen molar-refractivity contribution in [3.05, 3.63) is 0 Å². The average molecular weight is 339 g/mol. The van der Waals surface area contributed by atoms with Crippen LogP contribution < -0.4 is 10.6 Å². The predicted octanol–water partition coefficient (Wildman–Crippen LogP) is 2.58. The molecule has 0 heterocycles. The molecule has 0 aromatic rings. The Morgan fingerprint density at radius 1 is 0.542 bits per heavy atom. The van der Waals surface area contributed by atoms with E-state index in [9.17, 15) is 10.2 Å². The molecule has 24 heavy (non-hydrogen) atoms. The Balaban J connectivity index is 1.29. The lowest BCUT2D eigenvalue weighted by molar-refractivity contribution is 0.0832. The maximum atomic E-state index is 10.1. The van der Waals surface area contributed by atoms with E-state index in [0.29, 0.717) is 12.1 Å².